The summed E-state index contributed by atoms with van der Waals surface area (Å²) in [5.74, 6) is -2.37. The zero-order valence-electron chi connectivity index (χ0n) is 35.5. The van der Waals surface area contributed by atoms with Gasteiger partial charge in [-0.3, -0.25) is 23.4 Å². The molecule has 0 fully saturated rings. The van der Waals surface area contributed by atoms with Crippen LogP contribution < -0.4 is 5.73 Å². The largest absolute Gasteiger partial charge is 0.480 e. The Morgan fingerprint density at radius 2 is 0.946 bits per heavy atom. The highest BCUT2D eigenvalue weighted by Crippen LogP contribution is 2.43. The Morgan fingerprint density at radius 1 is 0.554 bits per heavy atom. The summed E-state index contributed by atoms with van der Waals surface area (Å²) >= 11 is 0. The molecule has 0 aliphatic heterocycles. The summed E-state index contributed by atoms with van der Waals surface area (Å²) in [7, 11) is -4.71. The van der Waals surface area contributed by atoms with Crippen molar-refractivity contribution in [3.8, 4) is 0 Å². The minimum Gasteiger partial charge on any atom is -0.480 e. The highest BCUT2D eigenvalue weighted by molar-refractivity contribution is 7.47. The number of carbonyl (C=O) groups excluding carboxylic acids is 2. The molecule has 12 heteroatoms. The number of allylic oxidation sites excluding steroid dienone is 4. The third kappa shape index (κ3) is 38.8. The summed E-state index contributed by atoms with van der Waals surface area (Å²) in [6.07, 6.45) is 40.9. The number of hydrogen-bond donors (Lipinski definition) is 3. The zero-order valence-corrected chi connectivity index (χ0v) is 36.4. The van der Waals surface area contributed by atoms with E-state index >= 15 is 0 Å². The lowest BCUT2D eigenvalue weighted by Gasteiger charge is -2.20. The Bertz CT molecular complexity index is 1050. The van der Waals surface area contributed by atoms with Gasteiger partial charge in [-0.15, -0.1) is 0 Å². The molecule has 0 spiro atoms. The van der Waals surface area contributed by atoms with Gasteiger partial charge < -0.3 is 25.2 Å². The van der Waals surface area contributed by atoms with Gasteiger partial charge in [0.2, 0.25) is 0 Å². The molecule has 3 atom stereocenters. The molecule has 0 aliphatic rings. The summed E-state index contributed by atoms with van der Waals surface area (Å²) in [5, 5.41) is 8.89. The Kier molecular flexibility index (Phi) is 38.3. The molecular weight excluding hydrogens is 733 g/mol. The van der Waals surface area contributed by atoms with Crippen molar-refractivity contribution in [2.45, 2.75) is 219 Å². The molecule has 328 valence electrons. The Morgan fingerprint density at radius 3 is 1.43 bits per heavy atom. The van der Waals surface area contributed by atoms with Crippen LogP contribution in [-0.4, -0.2) is 59.9 Å². The molecule has 0 amide bonds. The van der Waals surface area contributed by atoms with E-state index in [4.69, 9.17) is 24.8 Å². The Hall–Kier alpha value is -2.04. The number of rotatable bonds is 42. The maximum Gasteiger partial charge on any atom is 0.472 e. The fourth-order valence-electron chi connectivity index (χ4n) is 6.15. The van der Waals surface area contributed by atoms with Crippen LogP contribution in [0.2, 0.25) is 0 Å². The third-order valence-corrected chi connectivity index (χ3v) is 10.7. The van der Waals surface area contributed by atoms with Gasteiger partial charge in [0.25, 0.3) is 0 Å². The van der Waals surface area contributed by atoms with Crippen molar-refractivity contribution in [1.82, 2.24) is 0 Å². The first kappa shape index (κ1) is 54.0. The molecule has 0 rings (SSSR count). The van der Waals surface area contributed by atoms with Gasteiger partial charge >= 0.3 is 25.7 Å². The summed E-state index contributed by atoms with van der Waals surface area (Å²) < 4.78 is 32.7. The lowest BCUT2D eigenvalue weighted by atomic mass is 10.0. The smallest absolute Gasteiger partial charge is 0.472 e. The molecule has 3 unspecified atom stereocenters. The van der Waals surface area contributed by atoms with Gasteiger partial charge in [-0.1, -0.05) is 173 Å². The second-order valence-corrected chi connectivity index (χ2v) is 16.6. The van der Waals surface area contributed by atoms with E-state index in [0.717, 1.165) is 51.4 Å². The molecule has 0 aliphatic carbocycles. The van der Waals surface area contributed by atoms with Crippen LogP contribution in [0.5, 0.6) is 0 Å². The van der Waals surface area contributed by atoms with E-state index in [0.29, 0.717) is 12.8 Å². The number of carboxylic acid groups (broad SMARTS) is 1. The second kappa shape index (κ2) is 39.8. The van der Waals surface area contributed by atoms with Crippen molar-refractivity contribution < 1.29 is 47.5 Å². The molecule has 0 aromatic heterocycles. The quantitative estimate of drug-likeness (QED) is 0.0232. The minimum absolute atomic E-state index is 0.159. The fraction of sp³-hybridized carbons (Fsp3) is 0.841. The van der Waals surface area contributed by atoms with Crippen LogP contribution in [0, 0.1) is 0 Å². The Labute approximate surface area is 340 Å². The molecule has 0 aromatic carbocycles. The molecular formula is C44H82NO10P. The number of ether oxygens (including phenoxy) is 2. The zero-order chi connectivity index (χ0) is 41.4. The molecule has 4 N–H and O–H groups in total. The average molecular weight is 816 g/mol. The van der Waals surface area contributed by atoms with E-state index in [-0.39, 0.29) is 19.4 Å². The number of unbranched alkanes of at least 4 members (excludes halogenated alkanes) is 24. The van der Waals surface area contributed by atoms with Gasteiger partial charge in [-0.25, -0.2) is 4.57 Å². The van der Waals surface area contributed by atoms with E-state index in [1.165, 1.54) is 116 Å². The molecule has 11 nitrogen and oxygen atoms in total. The van der Waals surface area contributed by atoms with Gasteiger partial charge in [-0.05, 0) is 44.9 Å². The van der Waals surface area contributed by atoms with Gasteiger partial charge in [0.15, 0.2) is 6.10 Å². The first-order valence-electron chi connectivity index (χ1n) is 22.4. The summed E-state index contributed by atoms with van der Waals surface area (Å²) in [5.41, 5.74) is 5.33. The van der Waals surface area contributed by atoms with Crippen LogP contribution in [0.25, 0.3) is 0 Å². The molecule has 0 bridgehead atoms. The highest BCUT2D eigenvalue weighted by Gasteiger charge is 2.28. The third-order valence-electron chi connectivity index (χ3n) is 9.70. The first-order chi connectivity index (χ1) is 27.1. The van der Waals surface area contributed by atoms with Crippen LogP contribution in [-0.2, 0) is 37.5 Å². The number of phosphoric acid groups is 1. The lowest BCUT2D eigenvalue weighted by molar-refractivity contribution is -0.161. The van der Waals surface area contributed by atoms with Crippen molar-refractivity contribution in [3.05, 3.63) is 24.3 Å². The van der Waals surface area contributed by atoms with Crippen molar-refractivity contribution in [1.29, 1.82) is 0 Å². The van der Waals surface area contributed by atoms with Crippen molar-refractivity contribution in [2.75, 3.05) is 19.8 Å². The van der Waals surface area contributed by atoms with Crippen LogP contribution in [0.1, 0.15) is 206 Å². The van der Waals surface area contributed by atoms with E-state index in [1.807, 2.05) is 0 Å². The van der Waals surface area contributed by atoms with E-state index in [2.05, 4.69) is 42.7 Å². The van der Waals surface area contributed by atoms with Crippen LogP contribution in [0.4, 0.5) is 0 Å². The molecule has 0 heterocycles. The van der Waals surface area contributed by atoms with Gasteiger partial charge in [0.1, 0.15) is 12.6 Å². The predicted octanol–water partition coefficient (Wildman–Crippen LogP) is 11.8. The van der Waals surface area contributed by atoms with Crippen LogP contribution >= 0.6 is 7.82 Å². The van der Waals surface area contributed by atoms with E-state index < -0.39 is 51.1 Å². The normalized spacial score (nSPS) is 13.9. The van der Waals surface area contributed by atoms with Crippen molar-refractivity contribution in [3.63, 3.8) is 0 Å². The molecule has 0 saturated heterocycles. The van der Waals surface area contributed by atoms with Gasteiger partial charge in [-0.2, -0.15) is 0 Å². The second-order valence-electron chi connectivity index (χ2n) is 15.2. The van der Waals surface area contributed by atoms with E-state index in [1.54, 1.807) is 0 Å². The lowest BCUT2D eigenvalue weighted by Crippen LogP contribution is -2.34. The first-order valence-corrected chi connectivity index (χ1v) is 23.9. The maximum absolute atomic E-state index is 12.6. The number of carbonyl (C=O) groups is 3. The molecule has 0 radical (unpaired) electrons. The molecule has 0 saturated carbocycles. The molecule has 0 aromatic rings. The van der Waals surface area contributed by atoms with Crippen molar-refractivity contribution >= 4 is 25.7 Å². The van der Waals surface area contributed by atoms with Crippen LogP contribution in [0.15, 0.2) is 24.3 Å². The summed E-state index contributed by atoms with van der Waals surface area (Å²) in [6, 6.07) is -1.52. The number of aliphatic carboxylic acids is 1. The fourth-order valence-corrected chi connectivity index (χ4v) is 6.93. The van der Waals surface area contributed by atoms with Crippen molar-refractivity contribution in [2.24, 2.45) is 5.73 Å². The minimum atomic E-state index is -4.71. The topological polar surface area (TPSA) is 172 Å². The number of esters is 2. The standard InChI is InChI=1S/C44H82NO10P/c1-3-5-7-9-11-13-15-17-18-19-20-21-22-24-26-28-30-32-34-36-43(47)55-40(38-53-56(50,51)54-39-41(45)44(48)49)37-52-42(46)35-33-31-29-27-25-23-16-14-12-10-8-6-4-2/h11,13,17-18,40-41H,3-10,12,14-16,19-39,45H2,1-2H3,(H,48,49)(H,50,51)/b13-11-,18-17-. The van der Waals surface area contributed by atoms with Crippen LogP contribution in [0.3, 0.4) is 0 Å². The SMILES string of the molecule is CCCCC/C=C\C/C=C\CCCCCCCCCCCC(=O)OC(COC(=O)CCCCCCCCCCCCCCC)COP(=O)(O)OCC(N)C(=O)O. The van der Waals surface area contributed by atoms with Gasteiger partial charge in [0.05, 0.1) is 13.2 Å². The van der Waals surface area contributed by atoms with E-state index in [9.17, 15) is 23.8 Å². The monoisotopic (exact) mass is 816 g/mol. The summed E-state index contributed by atoms with van der Waals surface area (Å²) in [4.78, 5) is 46.0. The Balaban J connectivity index is 4.32. The van der Waals surface area contributed by atoms with Gasteiger partial charge in [0, 0.05) is 12.8 Å². The maximum atomic E-state index is 12.6. The predicted molar refractivity (Wildman–Crippen MR) is 226 cm³/mol. The molecule has 56 heavy (non-hydrogen) atoms. The number of carboxylic acids is 1. The number of nitrogens with two attached hydrogens (primary N) is 1. The average Bonchev–Trinajstić information content (AvgIpc) is 3.17. The number of hydrogen-bond acceptors (Lipinski definition) is 9. The highest BCUT2D eigenvalue weighted by atomic mass is 31.2. The number of phosphoric ester groups is 1. The summed E-state index contributed by atoms with van der Waals surface area (Å²) in [6.45, 7) is 2.79.